The molecule has 1 aliphatic heterocycles. The molecule has 174 valence electrons. The van der Waals surface area contributed by atoms with Crippen molar-refractivity contribution >= 4 is 73.6 Å². The van der Waals surface area contributed by atoms with Crippen LogP contribution < -0.4 is 27.8 Å². The number of nitrogens with one attached hydrogen (secondary N) is 2. The van der Waals surface area contributed by atoms with Crippen molar-refractivity contribution in [2.75, 3.05) is 19.6 Å². The van der Waals surface area contributed by atoms with Gasteiger partial charge in [0.05, 0.1) is 16.6 Å². The van der Waals surface area contributed by atoms with Crippen LogP contribution in [0.1, 0.15) is 25.3 Å². The summed E-state index contributed by atoms with van der Waals surface area (Å²) in [5.74, 6) is 0.183. The number of phenols is 1. The summed E-state index contributed by atoms with van der Waals surface area (Å²) in [6, 6.07) is 5.67. The lowest BCUT2D eigenvalue weighted by Crippen LogP contribution is -2.39. The van der Waals surface area contributed by atoms with Crippen molar-refractivity contribution in [2.24, 2.45) is 0 Å². The Morgan fingerprint density at radius 3 is 2.47 bits per heavy atom. The fraction of sp³-hybridized carbons (Fsp3) is 0.364. The highest BCUT2D eigenvalue weighted by Crippen LogP contribution is 2.26. The van der Waals surface area contributed by atoms with Crippen LogP contribution in [0, 0.1) is 0 Å². The number of fused-ring (bicyclic) bond motifs is 2. The summed E-state index contributed by atoms with van der Waals surface area (Å²) in [5, 5.41) is 11.3. The van der Waals surface area contributed by atoms with E-state index in [0.717, 1.165) is 71.8 Å². The van der Waals surface area contributed by atoms with Gasteiger partial charge >= 0.3 is 11.4 Å². The van der Waals surface area contributed by atoms with E-state index in [1.165, 1.54) is 0 Å². The highest BCUT2D eigenvalue weighted by Gasteiger charge is 2.24. The minimum absolute atomic E-state index is 0.0879. The van der Waals surface area contributed by atoms with Gasteiger partial charge < -0.3 is 20.0 Å². The number of benzene rings is 2. The third kappa shape index (κ3) is 3.80. The van der Waals surface area contributed by atoms with Gasteiger partial charge in [0.15, 0.2) is 0 Å². The monoisotopic (exact) mass is 477 g/mol. The number of H-pyrrole nitrogens is 2. The maximum Gasteiger partial charge on any atom is 0.326 e. The Morgan fingerprint density at radius 2 is 1.74 bits per heavy atom. The first-order chi connectivity index (χ1) is 16.3. The maximum absolute atomic E-state index is 12.6. The Labute approximate surface area is 204 Å². The van der Waals surface area contributed by atoms with Gasteiger partial charge in [-0.3, -0.25) is 9.13 Å². The number of hydrogen-bond acceptors (Lipinski definition) is 4. The largest absolute Gasteiger partial charge is 0.506 e. The molecule has 1 saturated heterocycles. The van der Waals surface area contributed by atoms with Crippen LogP contribution in [0.2, 0.25) is 5.02 Å². The minimum atomic E-state index is -0.184. The second kappa shape index (κ2) is 8.78. The van der Waals surface area contributed by atoms with Crippen LogP contribution in [0.25, 0.3) is 22.1 Å². The highest BCUT2D eigenvalue weighted by molar-refractivity contribution is 6.60. The molecule has 1 fully saturated rings. The summed E-state index contributed by atoms with van der Waals surface area (Å²) < 4.78 is 3.53. The smallest absolute Gasteiger partial charge is 0.326 e. The lowest BCUT2D eigenvalue weighted by molar-refractivity contribution is 0.183. The molecular formula is C22H27B3ClN5O3. The molecular weight excluding hydrogens is 450 g/mol. The summed E-state index contributed by atoms with van der Waals surface area (Å²) in [5.41, 5.74) is 5.53. The zero-order chi connectivity index (χ0) is 24.1. The van der Waals surface area contributed by atoms with Crippen LogP contribution in [-0.4, -0.2) is 72.3 Å². The Bertz CT molecular complexity index is 1510. The molecule has 4 aromatic rings. The van der Waals surface area contributed by atoms with Gasteiger partial charge in [-0.25, -0.2) is 9.59 Å². The number of phenolic OH excluding ortho intramolecular Hbond substituents is 1. The number of aromatic amines is 2. The quantitative estimate of drug-likeness (QED) is 0.285. The van der Waals surface area contributed by atoms with Gasteiger partial charge in [-0.15, -0.1) is 0 Å². The number of likely N-dealkylation sites (tertiary alicyclic amines) is 1. The number of imidazole rings is 2. The summed E-state index contributed by atoms with van der Waals surface area (Å²) in [6.07, 6.45) is 2.58. The molecule has 0 unspecified atom stereocenters. The first-order valence-corrected chi connectivity index (χ1v) is 12.2. The van der Waals surface area contributed by atoms with Gasteiger partial charge in [0, 0.05) is 30.7 Å². The van der Waals surface area contributed by atoms with Gasteiger partial charge in [0.2, 0.25) is 0 Å². The lowest BCUT2D eigenvalue weighted by Gasteiger charge is -2.32. The molecule has 1 aliphatic rings. The number of nitrogens with zero attached hydrogens (tertiary/aromatic N) is 3. The van der Waals surface area contributed by atoms with E-state index >= 15 is 0 Å². The van der Waals surface area contributed by atoms with E-state index in [4.69, 9.17) is 11.6 Å². The molecule has 0 radical (unpaired) electrons. The zero-order valence-corrected chi connectivity index (χ0v) is 20.5. The fourth-order valence-corrected chi connectivity index (χ4v) is 5.52. The Kier molecular flexibility index (Phi) is 5.94. The van der Waals surface area contributed by atoms with Crippen molar-refractivity contribution in [3.8, 4) is 5.75 Å². The van der Waals surface area contributed by atoms with Crippen LogP contribution in [0.4, 0.5) is 0 Å². The fourth-order valence-electron chi connectivity index (χ4n) is 5.34. The molecule has 12 heteroatoms. The number of hydrogen-bond donors (Lipinski definition) is 3. The summed E-state index contributed by atoms with van der Waals surface area (Å²) in [6.45, 7) is 3.18. The van der Waals surface area contributed by atoms with Crippen LogP contribution >= 0.6 is 11.6 Å². The van der Waals surface area contributed by atoms with E-state index in [0.29, 0.717) is 17.1 Å². The molecule has 0 amide bonds. The second-order valence-corrected chi connectivity index (χ2v) is 9.85. The average Bonchev–Trinajstić information content (AvgIpc) is 3.32. The molecule has 0 atom stereocenters. The van der Waals surface area contributed by atoms with Gasteiger partial charge in [0.25, 0.3) is 0 Å². The molecule has 2 aromatic carbocycles. The van der Waals surface area contributed by atoms with E-state index in [-0.39, 0.29) is 23.2 Å². The van der Waals surface area contributed by atoms with Crippen LogP contribution in [0.3, 0.4) is 0 Å². The van der Waals surface area contributed by atoms with Crippen molar-refractivity contribution in [3.63, 3.8) is 0 Å². The Balaban J connectivity index is 1.25. The molecule has 3 N–H and O–H groups in total. The number of aromatic hydroxyl groups is 1. The Hall–Kier alpha value is -2.78. The number of aromatic nitrogens is 4. The second-order valence-electron chi connectivity index (χ2n) is 9.42. The number of halogens is 1. The maximum atomic E-state index is 12.6. The van der Waals surface area contributed by atoms with Crippen LogP contribution in [-0.2, 0) is 6.54 Å². The van der Waals surface area contributed by atoms with Crippen molar-refractivity contribution in [1.29, 1.82) is 0 Å². The van der Waals surface area contributed by atoms with Crippen LogP contribution in [0.15, 0.2) is 27.8 Å². The molecule has 3 heterocycles. The highest BCUT2D eigenvalue weighted by atomic mass is 35.5. The zero-order valence-electron chi connectivity index (χ0n) is 19.7. The predicted molar refractivity (Wildman–Crippen MR) is 146 cm³/mol. The molecule has 34 heavy (non-hydrogen) atoms. The average molecular weight is 477 g/mol. The number of aryl methyl sites for hydroxylation is 1. The third-order valence-electron chi connectivity index (χ3n) is 7.52. The van der Waals surface area contributed by atoms with Gasteiger partial charge in [0.1, 0.15) is 34.8 Å². The van der Waals surface area contributed by atoms with Gasteiger partial charge in [-0.2, -0.15) is 0 Å². The minimum Gasteiger partial charge on any atom is -0.506 e. The summed E-state index contributed by atoms with van der Waals surface area (Å²) in [7, 11) is 5.82. The molecule has 0 spiro atoms. The van der Waals surface area contributed by atoms with E-state index in [1.54, 1.807) is 10.6 Å². The van der Waals surface area contributed by atoms with Crippen molar-refractivity contribution in [1.82, 2.24) is 24.0 Å². The van der Waals surface area contributed by atoms with E-state index in [1.807, 2.05) is 40.2 Å². The van der Waals surface area contributed by atoms with Crippen LogP contribution in [0.5, 0.6) is 5.75 Å². The molecule has 0 bridgehead atoms. The van der Waals surface area contributed by atoms with Gasteiger partial charge in [-0.05, 0) is 44.0 Å². The lowest BCUT2D eigenvalue weighted by atomic mass is 9.71. The number of rotatable bonds is 5. The Morgan fingerprint density at radius 1 is 1.00 bits per heavy atom. The SMILES string of the molecule is Bc1c(B)c(O)c2c([nH]c(=O)n2CCCN2CCC(n3c(=O)[nH]c4cc(Cl)ccc43)CC2)c1B. The molecule has 0 aliphatic carbocycles. The van der Waals surface area contributed by atoms with Crippen molar-refractivity contribution in [3.05, 3.63) is 44.2 Å². The standard InChI is InChI=1S/C22H27B3ClN5O3/c23-15-16(24)18-19(20(32)17(15)25)30(21(33)28-18)7-1-6-29-8-4-12(5-9-29)31-14-3-2-11(26)10-13(14)27-22(31)34/h2-3,10,12,32H,1,4-9,23-25H2,(H,27,34)(H,28,33). The molecule has 0 saturated carbocycles. The predicted octanol–water partition coefficient (Wildman–Crippen LogP) is -2.17. The summed E-state index contributed by atoms with van der Waals surface area (Å²) in [4.78, 5) is 33.4. The summed E-state index contributed by atoms with van der Waals surface area (Å²) >= 11 is 6.07. The molecule has 8 nitrogen and oxygen atoms in total. The van der Waals surface area contributed by atoms with E-state index < -0.39 is 0 Å². The van der Waals surface area contributed by atoms with Crippen molar-refractivity contribution in [2.45, 2.75) is 31.8 Å². The van der Waals surface area contributed by atoms with Gasteiger partial charge in [-0.1, -0.05) is 28.0 Å². The van der Waals surface area contributed by atoms with E-state index in [9.17, 15) is 14.7 Å². The first kappa shape index (κ1) is 23.0. The topological polar surface area (TPSA) is 99.0 Å². The van der Waals surface area contributed by atoms with E-state index in [2.05, 4.69) is 14.9 Å². The number of piperidine rings is 1. The van der Waals surface area contributed by atoms with Crippen molar-refractivity contribution < 1.29 is 5.11 Å². The normalized spacial score (nSPS) is 15.6. The first-order valence-electron chi connectivity index (χ1n) is 11.8. The third-order valence-corrected chi connectivity index (χ3v) is 7.76. The molecule has 2 aromatic heterocycles. The molecule has 5 rings (SSSR count).